The third-order valence-electron chi connectivity index (χ3n) is 5.12. The lowest BCUT2D eigenvalue weighted by Crippen LogP contribution is -2.21. The van der Waals surface area contributed by atoms with E-state index in [-0.39, 0.29) is 18.4 Å². The Hall–Kier alpha value is -4.12. The molecule has 32 heavy (non-hydrogen) atoms. The highest BCUT2D eigenvalue weighted by Crippen LogP contribution is 2.19. The van der Waals surface area contributed by atoms with Crippen LogP contribution in [0.1, 0.15) is 12.0 Å². The van der Waals surface area contributed by atoms with Crippen molar-refractivity contribution in [1.82, 2.24) is 0 Å². The molecule has 5 nitrogen and oxygen atoms in total. The van der Waals surface area contributed by atoms with E-state index in [0.717, 1.165) is 27.7 Å². The van der Waals surface area contributed by atoms with E-state index >= 15 is 0 Å². The molecular formula is C27H25N3O2. The van der Waals surface area contributed by atoms with Crippen molar-refractivity contribution in [2.75, 3.05) is 22.5 Å². The molecule has 0 aromatic heterocycles. The summed E-state index contributed by atoms with van der Waals surface area (Å²) in [4.78, 5) is 24.6. The average Bonchev–Trinajstić information content (AvgIpc) is 2.82. The number of fused-ring (bicyclic) bond motifs is 1. The Kier molecular flexibility index (Phi) is 6.78. The Labute approximate surface area is 187 Å². The lowest BCUT2D eigenvalue weighted by molar-refractivity contribution is -0.116. The predicted octanol–water partition coefficient (Wildman–Crippen LogP) is 5.46. The van der Waals surface area contributed by atoms with E-state index in [1.54, 1.807) is 0 Å². The van der Waals surface area contributed by atoms with Crippen LogP contribution in [-0.2, 0) is 16.0 Å². The lowest BCUT2D eigenvalue weighted by atomic mass is 10.1. The Balaban J connectivity index is 1.27. The third kappa shape index (κ3) is 5.95. The molecule has 0 atom stereocenters. The molecule has 0 saturated carbocycles. The van der Waals surface area contributed by atoms with Crippen molar-refractivity contribution >= 4 is 39.6 Å². The number of anilines is 3. The highest BCUT2D eigenvalue weighted by molar-refractivity contribution is 5.96. The van der Waals surface area contributed by atoms with Crippen LogP contribution in [0, 0.1) is 0 Å². The number of amides is 2. The van der Waals surface area contributed by atoms with Crippen LogP contribution in [0.4, 0.5) is 17.1 Å². The Bertz CT molecular complexity index is 1220. The second-order valence-corrected chi connectivity index (χ2v) is 7.58. The number of nitrogens with one attached hydrogen (secondary N) is 3. The van der Waals surface area contributed by atoms with Gasteiger partial charge in [-0.25, -0.2) is 0 Å². The lowest BCUT2D eigenvalue weighted by Gasteiger charge is -2.11. The largest absolute Gasteiger partial charge is 0.376 e. The van der Waals surface area contributed by atoms with Gasteiger partial charge in [-0.2, -0.15) is 0 Å². The van der Waals surface area contributed by atoms with Crippen molar-refractivity contribution in [2.24, 2.45) is 0 Å². The second-order valence-electron chi connectivity index (χ2n) is 7.58. The fourth-order valence-corrected chi connectivity index (χ4v) is 3.49. The number of carbonyl (C=O) groups is 2. The van der Waals surface area contributed by atoms with Gasteiger partial charge in [0.15, 0.2) is 0 Å². The van der Waals surface area contributed by atoms with Crippen molar-refractivity contribution in [3.63, 3.8) is 0 Å². The molecule has 0 unspecified atom stereocenters. The van der Waals surface area contributed by atoms with Gasteiger partial charge >= 0.3 is 0 Å². The molecule has 0 aliphatic carbocycles. The van der Waals surface area contributed by atoms with Gasteiger partial charge in [-0.1, -0.05) is 66.7 Å². The molecule has 2 amide bonds. The van der Waals surface area contributed by atoms with Crippen molar-refractivity contribution in [1.29, 1.82) is 0 Å². The molecule has 0 radical (unpaired) electrons. The van der Waals surface area contributed by atoms with Crippen LogP contribution in [0.15, 0.2) is 97.1 Å². The van der Waals surface area contributed by atoms with Crippen molar-refractivity contribution in [2.45, 2.75) is 12.8 Å². The maximum absolute atomic E-state index is 12.4. The van der Waals surface area contributed by atoms with Gasteiger partial charge in [0.2, 0.25) is 11.8 Å². The quantitative estimate of drug-likeness (QED) is 0.352. The van der Waals surface area contributed by atoms with Crippen LogP contribution < -0.4 is 16.0 Å². The summed E-state index contributed by atoms with van der Waals surface area (Å²) in [6, 6.07) is 31.2. The number of aryl methyl sites for hydroxylation is 1. The molecule has 0 spiro atoms. The number of benzene rings is 4. The van der Waals surface area contributed by atoms with Gasteiger partial charge in [-0.15, -0.1) is 0 Å². The summed E-state index contributed by atoms with van der Waals surface area (Å²) in [5.74, 6) is -0.183. The second kappa shape index (κ2) is 10.3. The maximum atomic E-state index is 12.4. The van der Waals surface area contributed by atoms with E-state index in [0.29, 0.717) is 18.5 Å². The summed E-state index contributed by atoms with van der Waals surface area (Å²) in [5.41, 5.74) is 3.35. The topological polar surface area (TPSA) is 70.2 Å². The molecule has 0 bridgehead atoms. The molecule has 0 heterocycles. The van der Waals surface area contributed by atoms with Crippen LogP contribution in [0.5, 0.6) is 0 Å². The van der Waals surface area contributed by atoms with Crippen LogP contribution in [-0.4, -0.2) is 18.4 Å². The molecule has 160 valence electrons. The Morgan fingerprint density at radius 2 is 1.28 bits per heavy atom. The summed E-state index contributed by atoms with van der Waals surface area (Å²) >= 11 is 0. The minimum atomic E-state index is -0.141. The standard InChI is InChI=1S/C27H25N3O2/c31-26(16-13-20-7-2-1-3-8-20)29-24-12-6-11-23(18-24)28-19-27(32)30-25-15-14-21-9-4-5-10-22(21)17-25/h1-12,14-15,17-18,28H,13,16,19H2,(H,29,31)(H,30,32). The highest BCUT2D eigenvalue weighted by Gasteiger charge is 2.06. The van der Waals surface area contributed by atoms with Crippen LogP contribution in [0.2, 0.25) is 0 Å². The van der Waals surface area contributed by atoms with Gasteiger partial charge < -0.3 is 16.0 Å². The average molecular weight is 424 g/mol. The summed E-state index contributed by atoms with van der Waals surface area (Å²) in [7, 11) is 0. The zero-order valence-corrected chi connectivity index (χ0v) is 17.7. The molecule has 3 N–H and O–H groups in total. The zero-order valence-electron chi connectivity index (χ0n) is 17.7. The molecule has 0 aliphatic heterocycles. The van der Waals surface area contributed by atoms with Gasteiger partial charge in [0.25, 0.3) is 0 Å². The van der Waals surface area contributed by atoms with Gasteiger partial charge in [0.1, 0.15) is 0 Å². The van der Waals surface area contributed by atoms with E-state index < -0.39 is 0 Å². The van der Waals surface area contributed by atoms with E-state index in [4.69, 9.17) is 0 Å². The van der Waals surface area contributed by atoms with E-state index in [2.05, 4.69) is 16.0 Å². The molecule has 4 rings (SSSR count). The van der Waals surface area contributed by atoms with Crippen LogP contribution in [0.25, 0.3) is 10.8 Å². The van der Waals surface area contributed by atoms with Gasteiger partial charge in [-0.3, -0.25) is 9.59 Å². The van der Waals surface area contributed by atoms with Crippen LogP contribution in [0.3, 0.4) is 0 Å². The maximum Gasteiger partial charge on any atom is 0.243 e. The number of carbonyl (C=O) groups excluding carboxylic acids is 2. The summed E-state index contributed by atoms with van der Waals surface area (Å²) in [5, 5.41) is 11.1. The molecule has 4 aromatic rings. The Morgan fingerprint density at radius 3 is 2.12 bits per heavy atom. The fourth-order valence-electron chi connectivity index (χ4n) is 3.49. The zero-order chi connectivity index (χ0) is 22.2. The third-order valence-corrected chi connectivity index (χ3v) is 5.12. The Morgan fingerprint density at radius 1 is 0.594 bits per heavy atom. The van der Waals surface area contributed by atoms with Gasteiger partial charge in [0.05, 0.1) is 6.54 Å². The summed E-state index contributed by atoms with van der Waals surface area (Å²) in [6.07, 6.45) is 1.11. The fraction of sp³-hybridized carbons (Fsp3) is 0.111. The normalized spacial score (nSPS) is 10.5. The first-order valence-corrected chi connectivity index (χ1v) is 10.6. The van der Waals surface area contributed by atoms with Crippen molar-refractivity contribution in [3.8, 4) is 0 Å². The number of hydrogen-bond acceptors (Lipinski definition) is 3. The van der Waals surface area contributed by atoms with Crippen molar-refractivity contribution < 1.29 is 9.59 Å². The highest BCUT2D eigenvalue weighted by atomic mass is 16.2. The van der Waals surface area contributed by atoms with E-state index in [9.17, 15) is 9.59 Å². The minimum absolute atomic E-state index is 0.0416. The summed E-state index contributed by atoms with van der Waals surface area (Å²) < 4.78 is 0. The smallest absolute Gasteiger partial charge is 0.243 e. The van der Waals surface area contributed by atoms with E-state index in [1.165, 1.54) is 0 Å². The van der Waals surface area contributed by atoms with Gasteiger partial charge in [0, 0.05) is 23.5 Å². The van der Waals surface area contributed by atoms with Gasteiger partial charge in [-0.05, 0) is 53.1 Å². The molecule has 0 fully saturated rings. The monoisotopic (exact) mass is 423 g/mol. The summed E-state index contributed by atoms with van der Waals surface area (Å²) in [6.45, 7) is 0.123. The minimum Gasteiger partial charge on any atom is -0.376 e. The SMILES string of the molecule is O=C(CCc1ccccc1)Nc1cccc(NCC(=O)Nc2ccc3ccccc3c2)c1. The molecule has 4 aromatic carbocycles. The first kappa shape index (κ1) is 21.1. The molecular weight excluding hydrogens is 398 g/mol. The number of hydrogen-bond donors (Lipinski definition) is 3. The first-order chi connectivity index (χ1) is 15.7. The van der Waals surface area contributed by atoms with Crippen molar-refractivity contribution in [3.05, 3.63) is 103 Å². The van der Waals surface area contributed by atoms with Crippen LogP contribution >= 0.6 is 0 Å². The molecule has 5 heteroatoms. The molecule has 0 aliphatic rings. The first-order valence-electron chi connectivity index (χ1n) is 10.6. The molecule has 0 saturated heterocycles. The predicted molar refractivity (Wildman–Crippen MR) is 131 cm³/mol. The number of rotatable bonds is 8. The van der Waals surface area contributed by atoms with E-state index in [1.807, 2.05) is 97.1 Å².